The average Bonchev–Trinajstić information content (AvgIpc) is 4.19. The van der Waals surface area contributed by atoms with Gasteiger partial charge in [0.1, 0.15) is 17.9 Å². The van der Waals surface area contributed by atoms with Gasteiger partial charge in [-0.15, -0.1) is 0 Å². The van der Waals surface area contributed by atoms with Crippen LogP contribution in [0.5, 0.6) is 0 Å². The van der Waals surface area contributed by atoms with E-state index in [4.69, 9.17) is 38.4 Å². The molecule has 348 valence electrons. The Morgan fingerprint density at radius 2 is 1.21 bits per heavy atom. The van der Waals surface area contributed by atoms with Crippen LogP contribution in [0.25, 0.3) is 38.4 Å². The lowest BCUT2D eigenvalue weighted by Crippen LogP contribution is -2.54. The number of carbonyl (C=O) groups is 4. The Morgan fingerprint density at radius 1 is 0.712 bits per heavy atom. The number of allylic oxidation sites excluding steroid dienone is 1. The van der Waals surface area contributed by atoms with Crippen molar-refractivity contribution >= 4 is 57.0 Å². The van der Waals surface area contributed by atoms with Gasteiger partial charge in [0.25, 0.3) is 5.56 Å². The SMILES string of the molecule is COC(=O)N[C@H](C(=O)N1CC2(C[C@H]1C1=NC=C(c3ccc4cc(-c5ccc6c(=O)[nH]c([C@@H]7CC8(CN7C(=O)[C@@H](NC(=O)OC)C(C)C)OCCO8)nc6c5)ccc4c3)C1)OCCO2)C(C)C. The number of ether oxygens (including phenoxy) is 6. The number of hydrogen-bond acceptors (Lipinski definition) is 13. The number of benzene rings is 3. The second kappa shape index (κ2) is 17.9. The van der Waals surface area contributed by atoms with Gasteiger partial charge in [-0.25, -0.2) is 14.6 Å². The normalized spacial score (nSPS) is 21.8. The van der Waals surface area contributed by atoms with Crippen LogP contribution in [-0.4, -0.2) is 133 Å². The van der Waals surface area contributed by atoms with Crippen LogP contribution in [-0.2, 0) is 38.0 Å². The smallest absolute Gasteiger partial charge is 0.407 e. The van der Waals surface area contributed by atoms with E-state index < -0.39 is 47.9 Å². The van der Waals surface area contributed by atoms with Crippen LogP contribution >= 0.6 is 0 Å². The molecule has 0 bridgehead atoms. The second-order valence-electron chi connectivity index (χ2n) is 18.2. The number of methoxy groups -OCH3 is 2. The van der Waals surface area contributed by atoms with Crippen molar-refractivity contribution in [3.05, 3.63) is 82.5 Å². The highest BCUT2D eigenvalue weighted by atomic mass is 16.7. The summed E-state index contributed by atoms with van der Waals surface area (Å²) in [5.74, 6) is -2.79. The van der Waals surface area contributed by atoms with Crippen LogP contribution in [0.2, 0.25) is 0 Å². The molecule has 2 spiro atoms. The van der Waals surface area contributed by atoms with Gasteiger partial charge in [0.15, 0.2) is 11.6 Å². The van der Waals surface area contributed by atoms with Crippen molar-refractivity contribution in [3.8, 4) is 11.1 Å². The monoisotopic (exact) mass is 905 g/mol. The summed E-state index contributed by atoms with van der Waals surface area (Å²) in [6.45, 7) is 9.32. The number of aromatic nitrogens is 2. The number of carbonyl (C=O) groups excluding carboxylic acids is 4. The van der Waals surface area contributed by atoms with Gasteiger partial charge in [-0.05, 0) is 69.1 Å². The van der Waals surface area contributed by atoms with Crippen molar-refractivity contribution in [1.82, 2.24) is 30.4 Å². The van der Waals surface area contributed by atoms with E-state index in [0.717, 1.165) is 38.7 Å². The summed E-state index contributed by atoms with van der Waals surface area (Å²) >= 11 is 0. The fourth-order valence-electron chi connectivity index (χ4n) is 9.80. The summed E-state index contributed by atoms with van der Waals surface area (Å²) in [6, 6.07) is 15.1. The molecule has 0 saturated carbocycles. The number of amides is 4. The standard InChI is InChI=1S/C48H55N7O11/c1-26(2)39(51-45(59)61-5)43(57)54-24-47(63-13-14-64-47)21-37(54)36-20-33(23-49-36)31-10-9-28-17-30(8-7-29(28)18-31)32-11-12-34-35(19-32)50-41(53-42(34)56)38-22-48(65-15-16-66-48)25-55(38)44(58)40(27(3)4)52-46(60)62-6/h7-12,17-19,23,26-27,37-40H,13-16,20-22,24-25H2,1-6H3,(H,51,59)(H,52,60)(H,50,53,56)/t37-,38-,39-,40-/m0/s1. The van der Waals surface area contributed by atoms with E-state index >= 15 is 0 Å². The van der Waals surface area contributed by atoms with E-state index in [0.29, 0.717) is 50.2 Å². The predicted octanol–water partition coefficient (Wildman–Crippen LogP) is 5.05. The number of aliphatic imine (C=N–C) groups is 1. The molecular formula is C48H55N7O11. The maximum Gasteiger partial charge on any atom is 0.407 e. The molecule has 3 aromatic carbocycles. The fourth-order valence-corrected chi connectivity index (χ4v) is 9.80. The van der Waals surface area contributed by atoms with Crippen LogP contribution < -0.4 is 16.2 Å². The molecule has 66 heavy (non-hydrogen) atoms. The van der Waals surface area contributed by atoms with Crippen molar-refractivity contribution in [1.29, 1.82) is 0 Å². The number of H-pyrrole nitrogens is 1. The van der Waals surface area contributed by atoms with Gasteiger partial charge >= 0.3 is 12.2 Å². The molecule has 5 aliphatic heterocycles. The summed E-state index contributed by atoms with van der Waals surface area (Å²) < 4.78 is 33.8. The lowest BCUT2D eigenvalue weighted by molar-refractivity contribution is -0.153. The minimum absolute atomic E-state index is 0.0940. The Morgan fingerprint density at radius 3 is 1.77 bits per heavy atom. The molecule has 3 N–H and O–H groups in total. The molecule has 0 aliphatic carbocycles. The third-order valence-corrected chi connectivity index (χ3v) is 13.3. The fraction of sp³-hybridized carbons (Fsp3) is 0.479. The van der Waals surface area contributed by atoms with Crippen molar-refractivity contribution in [2.75, 3.05) is 53.7 Å². The second-order valence-corrected chi connectivity index (χ2v) is 18.2. The van der Waals surface area contributed by atoms with Crippen LogP contribution in [0.15, 0.2) is 70.6 Å². The van der Waals surface area contributed by atoms with Crippen molar-refractivity contribution < 1.29 is 47.6 Å². The highest BCUT2D eigenvalue weighted by Gasteiger charge is 2.54. The van der Waals surface area contributed by atoms with Crippen LogP contribution in [0.1, 0.15) is 64.4 Å². The Kier molecular flexibility index (Phi) is 12.2. The first-order valence-corrected chi connectivity index (χ1v) is 22.4. The molecule has 18 heteroatoms. The van der Waals surface area contributed by atoms with Gasteiger partial charge in [-0.2, -0.15) is 0 Å². The van der Waals surface area contributed by atoms with Gasteiger partial charge in [0.2, 0.25) is 11.8 Å². The highest BCUT2D eigenvalue weighted by molar-refractivity contribution is 6.05. The van der Waals surface area contributed by atoms with Crippen LogP contribution in [0, 0.1) is 11.8 Å². The third-order valence-electron chi connectivity index (χ3n) is 13.3. The Labute approximate surface area is 381 Å². The minimum Gasteiger partial charge on any atom is -0.453 e. The zero-order chi connectivity index (χ0) is 46.5. The molecule has 4 saturated heterocycles. The quantitative estimate of drug-likeness (QED) is 0.191. The molecule has 4 amide bonds. The first-order valence-electron chi connectivity index (χ1n) is 22.4. The Hall–Kier alpha value is -6.21. The molecule has 6 heterocycles. The first-order chi connectivity index (χ1) is 31.7. The van der Waals surface area contributed by atoms with Gasteiger partial charge in [0.05, 0.1) is 76.7 Å². The van der Waals surface area contributed by atoms with Gasteiger partial charge in [-0.3, -0.25) is 19.4 Å². The Balaban J connectivity index is 0.947. The molecule has 4 aromatic rings. The topological polar surface area (TPSA) is 212 Å². The van der Waals surface area contributed by atoms with Gasteiger partial charge < -0.3 is 53.8 Å². The maximum absolute atomic E-state index is 14.2. The zero-order valence-corrected chi connectivity index (χ0v) is 37.9. The summed E-state index contributed by atoms with van der Waals surface area (Å²) in [5.41, 5.74) is 4.70. The van der Waals surface area contributed by atoms with Crippen molar-refractivity contribution in [2.45, 2.75) is 82.7 Å². The molecule has 4 fully saturated rings. The van der Waals surface area contributed by atoms with E-state index in [2.05, 4.69) is 45.9 Å². The lowest BCUT2D eigenvalue weighted by Gasteiger charge is -2.31. The molecule has 0 unspecified atom stereocenters. The molecule has 4 atom stereocenters. The summed E-state index contributed by atoms with van der Waals surface area (Å²) in [7, 11) is 2.51. The van der Waals surface area contributed by atoms with E-state index in [1.54, 1.807) is 15.9 Å². The molecule has 9 rings (SSSR count). The molecule has 1 aromatic heterocycles. The Bertz CT molecular complexity index is 2700. The number of likely N-dealkylation sites (tertiary alicyclic amines) is 2. The molecule has 18 nitrogen and oxygen atoms in total. The number of aromatic amines is 1. The number of alkyl carbamates (subject to hydrolysis) is 2. The van der Waals surface area contributed by atoms with E-state index in [9.17, 15) is 24.0 Å². The highest BCUT2D eigenvalue weighted by Crippen LogP contribution is 2.43. The van der Waals surface area contributed by atoms with Crippen molar-refractivity contribution in [2.24, 2.45) is 16.8 Å². The van der Waals surface area contributed by atoms with Crippen LogP contribution in [0.3, 0.4) is 0 Å². The van der Waals surface area contributed by atoms with Gasteiger partial charge in [0, 0.05) is 31.2 Å². The lowest BCUT2D eigenvalue weighted by atomic mass is 9.94. The maximum atomic E-state index is 14.2. The number of nitrogens with zero attached hydrogens (tertiary/aromatic N) is 4. The molecule has 0 radical (unpaired) electrons. The molecular weight excluding hydrogens is 851 g/mol. The zero-order valence-electron chi connectivity index (χ0n) is 37.9. The summed E-state index contributed by atoms with van der Waals surface area (Å²) in [5, 5.41) is 7.78. The summed E-state index contributed by atoms with van der Waals surface area (Å²) in [4.78, 5) is 82.4. The van der Waals surface area contributed by atoms with Gasteiger partial charge in [-0.1, -0.05) is 58.0 Å². The molecule has 5 aliphatic rings. The van der Waals surface area contributed by atoms with E-state index in [1.807, 2.05) is 52.1 Å². The van der Waals surface area contributed by atoms with Crippen LogP contribution in [0.4, 0.5) is 9.59 Å². The van der Waals surface area contributed by atoms with E-state index in [-0.39, 0.29) is 54.5 Å². The predicted molar refractivity (Wildman–Crippen MR) is 242 cm³/mol. The number of rotatable bonds is 10. The largest absolute Gasteiger partial charge is 0.453 e. The number of fused-ring (bicyclic) bond motifs is 2. The third kappa shape index (κ3) is 8.53. The summed E-state index contributed by atoms with van der Waals surface area (Å²) in [6.07, 6.45) is 1.65. The van der Waals surface area contributed by atoms with E-state index in [1.165, 1.54) is 14.2 Å². The number of nitrogens with one attached hydrogen (secondary N) is 3. The minimum atomic E-state index is -1.07. The first kappa shape index (κ1) is 45.0. The average molecular weight is 906 g/mol. The van der Waals surface area contributed by atoms with Crippen molar-refractivity contribution in [3.63, 3.8) is 0 Å². The number of hydrogen-bond donors (Lipinski definition) is 3.